The number of sulfonamides is 1. The summed E-state index contributed by atoms with van der Waals surface area (Å²) in [5, 5.41) is 11.1. The van der Waals surface area contributed by atoms with E-state index in [9.17, 15) is 13.2 Å². The average Bonchev–Trinajstić information content (AvgIpc) is 3.28. The first-order chi connectivity index (χ1) is 15.8. The van der Waals surface area contributed by atoms with Gasteiger partial charge in [-0.2, -0.15) is 4.31 Å². The highest BCUT2D eigenvalue weighted by Gasteiger charge is 2.27. The van der Waals surface area contributed by atoms with Gasteiger partial charge < -0.3 is 9.73 Å². The molecule has 3 aromatic rings. The number of carbonyl (C=O) groups excluding carboxylic acids is 1. The van der Waals surface area contributed by atoms with Crippen LogP contribution in [0, 0.1) is 13.8 Å². The highest BCUT2D eigenvalue weighted by atomic mass is 32.2. The fraction of sp³-hybridized carbons (Fsp3) is 0.348. The van der Waals surface area contributed by atoms with Gasteiger partial charge in [-0.1, -0.05) is 42.4 Å². The van der Waals surface area contributed by atoms with Crippen molar-refractivity contribution in [3.05, 3.63) is 53.6 Å². The molecule has 1 N–H and O–H groups in total. The summed E-state index contributed by atoms with van der Waals surface area (Å²) in [6.45, 7) is 4.79. The molecule has 2 heterocycles. The lowest BCUT2D eigenvalue weighted by atomic mass is 10.1. The third-order valence-corrected chi connectivity index (χ3v) is 8.37. The fourth-order valence-corrected chi connectivity index (χ4v) is 6.05. The third kappa shape index (κ3) is 5.45. The van der Waals surface area contributed by atoms with Crippen LogP contribution in [0.15, 0.2) is 57.0 Å². The summed E-state index contributed by atoms with van der Waals surface area (Å²) in [6.07, 6.45) is 2.78. The lowest BCUT2D eigenvalue weighted by molar-refractivity contribution is -0.113. The van der Waals surface area contributed by atoms with Gasteiger partial charge in [-0.3, -0.25) is 4.79 Å². The van der Waals surface area contributed by atoms with E-state index in [1.165, 1.54) is 10.4 Å². The molecule has 1 aliphatic heterocycles. The molecular weight excluding hydrogens is 460 g/mol. The minimum atomic E-state index is -3.59. The van der Waals surface area contributed by atoms with Crippen LogP contribution >= 0.6 is 11.8 Å². The van der Waals surface area contributed by atoms with Crippen molar-refractivity contribution in [1.82, 2.24) is 14.5 Å². The monoisotopic (exact) mass is 486 g/mol. The molecule has 1 aromatic heterocycles. The van der Waals surface area contributed by atoms with Gasteiger partial charge in [0.2, 0.25) is 21.8 Å². The molecule has 8 nitrogen and oxygen atoms in total. The number of thioether (sulfide) groups is 1. The van der Waals surface area contributed by atoms with Crippen LogP contribution in [0.5, 0.6) is 0 Å². The van der Waals surface area contributed by atoms with Crippen molar-refractivity contribution in [2.45, 2.75) is 43.2 Å². The van der Waals surface area contributed by atoms with E-state index in [0.29, 0.717) is 35.5 Å². The number of rotatable bonds is 7. The van der Waals surface area contributed by atoms with Crippen LogP contribution in [0.2, 0.25) is 0 Å². The van der Waals surface area contributed by atoms with E-state index in [1.54, 1.807) is 19.1 Å². The van der Waals surface area contributed by atoms with Gasteiger partial charge >= 0.3 is 0 Å². The molecule has 2 aromatic carbocycles. The summed E-state index contributed by atoms with van der Waals surface area (Å²) in [5.41, 5.74) is 2.96. The van der Waals surface area contributed by atoms with Crippen LogP contribution < -0.4 is 5.32 Å². The smallest absolute Gasteiger partial charge is 0.277 e. The Kier molecular flexibility index (Phi) is 7.16. The number of piperidine rings is 1. The minimum Gasteiger partial charge on any atom is -0.411 e. The van der Waals surface area contributed by atoms with Gasteiger partial charge in [-0.25, -0.2) is 8.42 Å². The van der Waals surface area contributed by atoms with Gasteiger partial charge in [0, 0.05) is 24.3 Å². The zero-order chi connectivity index (χ0) is 23.4. The maximum absolute atomic E-state index is 13.1. The van der Waals surface area contributed by atoms with E-state index in [4.69, 9.17) is 4.42 Å². The Morgan fingerprint density at radius 1 is 1.06 bits per heavy atom. The highest BCUT2D eigenvalue weighted by Crippen LogP contribution is 2.27. The fourth-order valence-electron chi connectivity index (χ4n) is 3.71. The Hall–Kier alpha value is -2.69. The lowest BCUT2D eigenvalue weighted by Crippen LogP contribution is -2.36. The first-order valence-corrected chi connectivity index (χ1v) is 13.2. The van der Waals surface area contributed by atoms with Gasteiger partial charge in [0.25, 0.3) is 5.22 Å². The summed E-state index contributed by atoms with van der Waals surface area (Å²) in [6, 6.07) is 12.6. The van der Waals surface area contributed by atoms with Gasteiger partial charge in [0.05, 0.1) is 10.6 Å². The van der Waals surface area contributed by atoms with Crippen molar-refractivity contribution in [2.75, 3.05) is 24.2 Å². The second-order valence-electron chi connectivity index (χ2n) is 7.97. The van der Waals surface area contributed by atoms with Gasteiger partial charge in [0.15, 0.2) is 0 Å². The van der Waals surface area contributed by atoms with Crippen LogP contribution in [-0.2, 0) is 14.8 Å². The predicted molar refractivity (Wildman–Crippen MR) is 128 cm³/mol. The first-order valence-electron chi connectivity index (χ1n) is 10.8. The van der Waals surface area contributed by atoms with Crippen molar-refractivity contribution >= 4 is 33.4 Å². The molecule has 0 saturated carbocycles. The molecule has 1 saturated heterocycles. The van der Waals surface area contributed by atoms with Crippen molar-refractivity contribution in [2.24, 2.45) is 0 Å². The zero-order valence-electron chi connectivity index (χ0n) is 18.6. The highest BCUT2D eigenvalue weighted by molar-refractivity contribution is 7.99. The molecule has 0 aliphatic carbocycles. The van der Waals surface area contributed by atoms with Gasteiger partial charge in [0.1, 0.15) is 0 Å². The Morgan fingerprint density at radius 3 is 2.58 bits per heavy atom. The summed E-state index contributed by atoms with van der Waals surface area (Å²) < 4.78 is 33.4. The molecule has 10 heteroatoms. The van der Waals surface area contributed by atoms with Gasteiger partial charge in [-0.15, -0.1) is 10.2 Å². The first kappa shape index (κ1) is 23.5. The van der Waals surface area contributed by atoms with E-state index < -0.39 is 10.0 Å². The number of amides is 1. The van der Waals surface area contributed by atoms with Crippen LogP contribution in [0.1, 0.15) is 30.4 Å². The van der Waals surface area contributed by atoms with E-state index in [1.807, 2.05) is 31.2 Å². The molecule has 0 radical (unpaired) electrons. The second-order valence-corrected chi connectivity index (χ2v) is 10.8. The van der Waals surface area contributed by atoms with Crippen LogP contribution in [-0.4, -0.2) is 47.7 Å². The van der Waals surface area contributed by atoms with Crippen LogP contribution in [0.3, 0.4) is 0 Å². The van der Waals surface area contributed by atoms with Gasteiger partial charge in [-0.05, 0) is 56.0 Å². The Labute approximate surface area is 197 Å². The molecule has 1 fully saturated rings. The molecular formula is C23H26N4O4S2. The number of hydrogen-bond donors (Lipinski definition) is 1. The van der Waals surface area contributed by atoms with Crippen molar-refractivity contribution in [3.8, 4) is 11.5 Å². The molecule has 4 rings (SSSR count). The Bertz CT molecular complexity index is 1250. The van der Waals surface area contributed by atoms with E-state index in [-0.39, 0.29) is 16.6 Å². The summed E-state index contributed by atoms with van der Waals surface area (Å²) in [7, 11) is -3.59. The SMILES string of the molecule is Cc1ccccc1-c1nnc(SCC(=O)Nc2ccc(C)c(S(=O)(=O)N3CCCCC3)c2)o1. The second kappa shape index (κ2) is 10.1. The van der Waals surface area contributed by atoms with E-state index in [2.05, 4.69) is 15.5 Å². The maximum Gasteiger partial charge on any atom is 0.277 e. The van der Waals surface area contributed by atoms with Crippen LogP contribution in [0.25, 0.3) is 11.5 Å². The zero-order valence-corrected chi connectivity index (χ0v) is 20.2. The topological polar surface area (TPSA) is 105 Å². The molecule has 1 aliphatic rings. The van der Waals surface area contributed by atoms with E-state index >= 15 is 0 Å². The largest absolute Gasteiger partial charge is 0.411 e. The number of aryl methyl sites for hydroxylation is 2. The number of nitrogens with one attached hydrogen (secondary N) is 1. The Morgan fingerprint density at radius 2 is 1.82 bits per heavy atom. The standard InChI is InChI=1S/C23H26N4O4S2/c1-16-8-4-5-9-19(16)22-25-26-23(31-22)32-15-21(28)24-18-11-10-17(2)20(14-18)33(29,30)27-12-6-3-7-13-27/h4-5,8-11,14H,3,6-7,12-13,15H2,1-2H3,(H,24,28). The average molecular weight is 487 g/mol. The summed E-state index contributed by atoms with van der Waals surface area (Å²) >= 11 is 1.13. The summed E-state index contributed by atoms with van der Waals surface area (Å²) in [4.78, 5) is 12.7. The number of hydrogen-bond acceptors (Lipinski definition) is 7. The maximum atomic E-state index is 13.1. The van der Waals surface area contributed by atoms with Crippen molar-refractivity contribution < 1.29 is 17.6 Å². The third-order valence-electron chi connectivity index (χ3n) is 5.51. The normalized spacial score (nSPS) is 14.8. The number of anilines is 1. The van der Waals surface area contributed by atoms with Crippen molar-refractivity contribution in [1.29, 1.82) is 0 Å². The molecule has 33 heavy (non-hydrogen) atoms. The predicted octanol–water partition coefficient (Wildman–Crippen LogP) is 4.26. The number of carbonyl (C=O) groups is 1. The number of aromatic nitrogens is 2. The molecule has 1 amide bonds. The van der Waals surface area contributed by atoms with Crippen LogP contribution in [0.4, 0.5) is 5.69 Å². The van der Waals surface area contributed by atoms with E-state index in [0.717, 1.165) is 42.2 Å². The molecule has 174 valence electrons. The lowest BCUT2D eigenvalue weighted by Gasteiger charge is -2.26. The minimum absolute atomic E-state index is 0.0531. The molecule has 0 atom stereocenters. The summed E-state index contributed by atoms with van der Waals surface area (Å²) in [5.74, 6) is 0.167. The van der Waals surface area contributed by atoms with Crippen molar-refractivity contribution in [3.63, 3.8) is 0 Å². The molecule has 0 unspecified atom stereocenters. The molecule has 0 bridgehead atoms. The Balaban J connectivity index is 1.40. The molecule has 0 spiro atoms. The quantitative estimate of drug-likeness (QED) is 0.498. The number of nitrogens with zero attached hydrogens (tertiary/aromatic N) is 3. The number of benzene rings is 2.